The van der Waals surface area contributed by atoms with Gasteiger partial charge in [0.15, 0.2) is 0 Å². The Hall–Kier alpha value is -0.0800. The van der Waals surface area contributed by atoms with Gasteiger partial charge in [0, 0.05) is 12.0 Å². The molecule has 2 bridgehead atoms. The first-order valence-electron chi connectivity index (χ1n) is 4.03. The Morgan fingerprint density at radius 2 is 2.50 bits per heavy atom. The van der Waals surface area contributed by atoms with Gasteiger partial charge >= 0.3 is 0 Å². The van der Waals surface area contributed by atoms with Gasteiger partial charge in [0.25, 0.3) is 0 Å². The molecular formula is C8H14O2. The van der Waals surface area contributed by atoms with Gasteiger partial charge in [-0.1, -0.05) is 0 Å². The van der Waals surface area contributed by atoms with E-state index in [4.69, 9.17) is 9.84 Å². The van der Waals surface area contributed by atoms with Crippen molar-refractivity contribution in [3.63, 3.8) is 0 Å². The zero-order valence-electron chi connectivity index (χ0n) is 6.18. The van der Waals surface area contributed by atoms with Crippen LogP contribution in [0.1, 0.15) is 19.3 Å². The van der Waals surface area contributed by atoms with E-state index in [1.54, 1.807) is 0 Å². The van der Waals surface area contributed by atoms with Crippen LogP contribution in [0.5, 0.6) is 0 Å². The van der Waals surface area contributed by atoms with Gasteiger partial charge in [-0.15, -0.1) is 0 Å². The number of rotatable bonds is 1. The van der Waals surface area contributed by atoms with E-state index in [0.717, 1.165) is 19.1 Å². The second-order valence-electron chi connectivity index (χ2n) is 3.78. The third kappa shape index (κ3) is 0.867. The minimum absolute atomic E-state index is 0.170. The van der Waals surface area contributed by atoms with Crippen LogP contribution >= 0.6 is 0 Å². The van der Waals surface area contributed by atoms with Gasteiger partial charge in [-0.25, -0.2) is 0 Å². The zero-order chi connectivity index (χ0) is 7.03. The van der Waals surface area contributed by atoms with Crippen molar-refractivity contribution in [1.29, 1.82) is 0 Å². The average Bonchev–Trinajstić information content (AvgIpc) is 2.29. The Morgan fingerprint density at radius 1 is 1.60 bits per heavy atom. The van der Waals surface area contributed by atoms with E-state index < -0.39 is 0 Å². The second-order valence-corrected chi connectivity index (χ2v) is 3.78. The lowest BCUT2D eigenvalue weighted by atomic mass is 9.86. The molecule has 0 spiro atoms. The molecule has 2 unspecified atom stereocenters. The van der Waals surface area contributed by atoms with E-state index in [9.17, 15) is 0 Å². The third-order valence-corrected chi connectivity index (χ3v) is 2.90. The van der Waals surface area contributed by atoms with Crippen molar-refractivity contribution in [1.82, 2.24) is 0 Å². The number of hydrogen-bond donors (Lipinski definition) is 1. The molecule has 1 aliphatic carbocycles. The predicted molar refractivity (Wildman–Crippen MR) is 37.7 cm³/mol. The predicted octanol–water partition coefficient (Wildman–Crippen LogP) is 0.795. The highest BCUT2D eigenvalue weighted by atomic mass is 16.5. The summed E-state index contributed by atoms with van der Waals surface area (Å²) in [6, 6.07) is 0. The molecule has 2 nitrogen and oxygen atoms in total. The van der Waals surface area contributed by atoms with Crippen molar-refractivity contribution in [3.8, 4) is 0 Å². The molecule has 0 amide bonds. The molecule has 1 saturated carbocycles. The molecule has 0 radical (unpaired) electrons. The second kappa shape index (κ2) is 2.21. The summed E-state index contributed by atoms with van der Waals surface area (Å²) in [6.07, 6.45) is 3.64. The molecule has 58 valence electrons. The fourth-order valence-corrected chi connectivity index (χ4v) is 2.23. The van der Waals surface area contributed by atoms with Gasteiger partial charge in [-0.3, -0.25) is 0 Å². The van der Waals surface area contributed by atoms with Crippen LogP contribution in [0.25, 0.3) is 0 Å². The van der Waals surface area contributed by atoms with E-state index in [0.29, 0.717) is 6.61 Å². The summed E-state index contributed by atoms with van der Waals surface area (Å²) in [7, 11) is 0. The van der Waals surface area contributed by atoms with Crippen LogP contribution < -0.4 is 0 Å². The van der Waals surface area contributed by atoms with E-state index in [1.807, 2.05) is 0 Å². The van der Waals surface area contributed by atoms with Gasteiger partial charge in [-0.05, 0) is 25.2 Å². The zero-order valence-corrected chi connectivity index (χ0v) is 6.18. The molecule has 2 rings (SSSR count). The lowest BCUT2D eigenvalue weighted by Gasteiger charge is -2.30. The summed E-state index contributed by atoms with van der Waals surface area (Å²) in [6.45, 7) is 2.05. The maximum atomic E-state index is 9.09. The van der Waals surface area contributed by atoms with Crippen molar-refractivity contribution >= 4 is 0 Å². The van der Waals surface area contributed by atoms with E-state index in [2.05, 4.69) is 0 Å². The van der Waals surface area contributed by atoms with Gasteiger partial charge in [0.2, 0.25) is 0 Å². The lowest BCUT2D eigenvalue weighted by Crippen LogP contribution is -2.32. The molecule has 0 aromatic heterocycles. The van der Waals surface area contributed by atoms with Gasteiger partial charge in [0.1, 0.15) is 0 Å². The molecule has 2 fully saturated rings. The molecule has 1 heterocycles. The number of fused-ring (bicyclic) bond motifs is 2. The summed E-state index contributed by atoms with van der Waals surface area (Å²) in [5.41, 5.74) is 0.170. The molecule has 0 aromatic carbocycles. The summed E-state index contributed by atoms with van der Waals surface area (Å²) in [5.74, 6) is 0.751. The Bertz CT molecular complexity index is 131. The fraction of sp³-hybridized carbons (Fsp3) is 1.00. The number of ether oxygens (including phenoxy) is 1. The topological polar surface area (TPSA) is 29.5 Å². The summed E-state index contributed by atoms with van der Waals surface area (Å²) >= 11 is 0. The number of aliphatic hydroxyl groups is 1. The molecule has 1 saturated heterocycles. The van der Waals surface area contributed by atoms with Crippen LogP contribution in [0, 0.1) is 11.3 Å². The summed E-state index contributed by atoms with van der Waals surface area (Å²) in [4.78, 5) is 0. The van der Waals surface area contributed by atoms with Crippen LogP contribution in [-0.2, 0) is 4.74 Å². The first-order valence-corrected chi connectivity index (χ1v) is 4.03. The highest BCUT2D eigenvalue weighted by Crippen LogP contribution is 2.44. The van der Waals surface area contributed by atoms with Crippen molar-refractivity contribution in [2.24, 2.45) is 11.3 Å². The van der Waals surface area contributed by atoms with Gasteiger partial charge in [-0.2, -0.15) is 0 Å². The number of hydrogen-bond acceptors (Lipinski definition) is 2. The Kier molecular flexibility index (Phi) is 1.46. The normalized spacial score (nSPS) is 45.9. The maximum Gasteiger partial charge on any atom is 0.0544 e. The molecule has 2 heteroatoms. The van der Waals surface area contributed by atoms with E-state index >= 15 is 0 Å². The molecule has 10 heavy (non-hydrogen) atoms. The highest BCUT2D eigenvalue weighted by Gasteiger charge is 2.42. The first-order chi connectivity index (χ1) is 4.85. The Balaban J connectivity index is 2.10. The molecule has 1 N–H and O–H groups in total. The quantitative estimate of drug-likeness (QED) is 0.586. The van der Waals surface area contributed by atoms with Gasteiger partial charge in [0.05, 0.1) is 13.2 Å². The van der Waals surface area contributed by atoms with Crippen LogP contribution in [-0.4, -0.2) is 24.9 Å². The Labute approximate surface area is 61.2 Å². The Morgan fingerprint density at radius 3 is 3.20 bits per heavy atom. The van der Waals surface area contributed by atoms with Crippen molar-refractivity contribution in [2.45, 2.75) is 19.3 Å². The van der Waals surface area contributed by atoms with Crippen LogP contribution in [0.15, 0.2) is 0 Å². The van der Waals surface area contributed by atoms with Crippen LogP contribution in [0.4, 0.5) is 0 Å². The van der Waals surface area contributed by atoms with E-state index in [-0.39, 0.29) is 5.41 Å². The fourth-order valence-electron chi connectivity index (χ4n) is 2.23. The average molecular weight is 142 g/mol. The molecule has 2 atom stereocenters. The molecule has 1 aliphatic heterocycles. The molecule has 0 aromatic rings. The molecular weight excluding hydrogens is 128 g/mol. The third-order valence-electron chi connectivity index (χ3n) is 2.90. The first kappa shape index (κ1) is 6.62. The summed E-state index contributed by atoms with van der Waals surface area (Å²) in [5, 5.41) is 9.09. The SMILES string of the molecule is OCC12CCC(COC1)C2. The minimum Gasteiger partial charge on any atom is -0.396 e. The minimum atomic E-state index is 0.170. The van der Waals surface area contributed by atoms with Crippen LogP contribution in [0.2, 0.25) is 0 Å². The van der Waals surface area contributed by atoms with Crippen molar-refractivity contribution < 1.29 is 9.84 Å². The van der Waals surface area contributed by atoms with Gasteiger partial charge < -0.3 is 9.84 Å². The lowest BCUT2D eigenvalue weighted by molar-refractivity contribution is -0.0321. The smallest absolute Gasteiger partial charge is 0.0544 e. The monoisotopic (exact) mass is 142 g/mol. The van der Waals surface area contributed by atoms with Crippen LogP contribution in [0.3, 0.4) is 0 Å². The summed E-state index contributed by atoms with van der Waals surface area (Å²) < 4.78 is 5.39. The van der Waals surface area contributed by atoms with Crippen molar-refractivity contribution in [2.75, 3.05) is 19.8 Å². The van der Waals surface area contributed by atoms with E-state index in [1.165, 1.54) is 19.3 Å². The largest absolute Gasteiger partial charge is 0.396 e. The standard InChI is InChI=1S/C8H14O2/c9-5-8-2-1-7(3-8)4-10-6-8/h7,9H,1-6H2. The maximum absolute atomic E-state index is 9.09. The number of aliphatic hydroxyl groups excluding tert-OH is 1. The molecule has 2 aliphatic rings. The van der Waals surface area contributed by atoms with Crippen molar-refractivity contribution in [3.05, 3.63) is 0 Å². The highest BCUT2D eigenvalue weighted by molar-refractivity contribution is 4.91.